The van der Waals surface area contributed by atoms with Gasteiger partial charge in [-0.2, -0.15) is 5.10 Å². The van der Waals surface area contributed by atoms with Crippen molar-refractivity contribution >= 4 is 40.7 Å². The molecule has 5 aromatic rings. The van der Waals surface area contributed by atoms with Crippen molar-refractivity contribution in [3.63, 3.8) is 0 Å². The van der Waals surface area contributed by atoms with Crippen molar-refractivity contribution in [2.75, 3.05) is 17.2 Å². The number of nitrogens with zero attached hydrogens (tertiary/aromatic N) is 4. The van der Waals surface area contributed by atoms with Crippen molar-refractivity contribution in [1.29, 1.82) is 0 Å². The van der Waals surface area contributed by atoms with Gasteiger partial charge in [-0.1, -0.05) is 60.2 Å². The summed E-state index contributed by atoms with van der Waals surface area (Å²) in [6.45, 7) is 4.32. The number of rotatable bonds is 7. The lowest BCUT2D eigenvalue weighted by Crippen LogP contribution is -2.42. The van der Waals surface area contributed by atoms with E-state index in [1.807, 2.05) is 72.3 Å². The molecule has 9 heteroatoms. The Morgan fingerprint density at radius 3 is 2.63 bits per heavy atom. The first-order valence-electron chi connectivity index (χ1n) is 13.4. The molecule has 3 aromatic heterocycles. The number of nitrogens with one attached hydrogen (secondary N) is 1. The fourth-order valence-corrected chi connectivity index (χ4v) is 7.28. The first-order chi connectivity index (χ1) is 20.0. The molecule has 206 valence electrons. The zero-order chi connectivity index (χ0) is 28.3. The Morgan fingerprint density at radius 1 is 1.05 bits per heavy atom. The fourth-order valence-electron chi connectivity index (χ4n) is 5.11. The highest BCUT2D eigenvalue weighted by Gasteiger charge is 2.38. The molecule has 7 nitrogen and oxygen atoms in total. The number of hydrogen-bond donors (Lipinski definition) is 1. The maximum Gasteiger partial charge on any atom is 0.240 e. The van der Waals surface area contributed by atoms with Crippen LogP contribution in [0.1, 0.15) is 32.4 Å². The molecular weight excluding hydrogens is 551 g/mol. The highest BCUT2D eigenvalue weighted by Crippen LogP contribution is 2.49. The minimum Gasteiger partial charge on any atom is -0.350 e. The normalized spacial score (nSPS) is 14.9. The minimum absolute atomic E-state index is 0.116. The molecule has 1 N–H and O–H groups in total. The number of thioether (sulfide) groups is 1. The Kier molecular flexibility index (Phi) is 7.71. The predicted octanol–water partition coefficient (Wildman–Crippen LogP) is 6.10. The number of carbonyl (C=O) groups excluding carboxylic acids is 2. The quantitative estimate of drug-likeness (QED) is 0.252. The molecule has 1 unspecified atom stereocenters. The Bertz CT molecular complexity index is 1680. The monoisotopic (exact) mass is 579 g/mol. The van der Waals surface area contributed by atoms with Gasteiger partial charge in [0.05, 0.1) is 22.4 Å². The zero-order valence-electron chi connectivity index (χ0n) is 22.8. The van der Waals surface area contributed by atoms with Crippen LogP contribution >= 0.6 is 23.1 Å². The molecule has 6 rings (SSSR count). The van der Waals surface area contributed by atoms with E-state index in [1.54, 1.807) is 40.4 Å². The van der Waals surface area contributed by atoms with E-state index in [1.165, 1.54) is 0 Å². The van der Waals surface area contributed by atoms with Gasteiger partial charge in [-0.25, -0.2) is 4.68 Å². The van der Waals surface area contributed by atoms with Crippen LogP contribution in [0.15, 0.2) is 90.6 Å². The van der Waals surface area contributed by atoms with Crippen LogP contribution < -0.4 is 10.2 Å². The standard InChI is InChI=1S/C32H29N5O2S2/c1-21-12-13-25(22(2)16-21)37-32-29(30(35-37)24-9-4-3-5-10-24)31(26-11-7-15-40-26)41-20-28(39)36(32)19-27(38)34-18-23-8-6-14-33-17-23/h3-17,31H,18-20H2,1-2H3,(H,34,38). The highest BCUT2D eigenvalue weighted by atomic mass is 32.2. The summed E-state index contributed by atoms with van der Waals surface area (Å²) in [5.41, 5.74) is 6.65. The number of anilines is 1. The molecule has 2 aromatic carbocycles. The maximum absolute atomic E-state index is 13.8. The van der Waals surface area contributed by atoms with E-state index < -0.39 is 0 Å². The average molecular weight is 580 g/mol. The van der Waals surface area contributed by atoms with Gasteiger partial charge in [0, 0.05) is 34.9 Å². The second-order valence-corrected chi connectivity index (χ2v) is 12.1. The molecule has 41 heavy (non-hydrogen) atoms. The fraction of sp³-hybridized carbons (Fsp3) is 0.188. The number of pyridine rings is 1. The van der Waals surface area contributed by atoms with Gasteiger partial charge in [0.1, 0.15) is 12.4 Å². The Balaban J connectivity index is 1.52. The SMILES string of the molecule is Cc1ccc(-n2nc(-c3ccccc3)c3c2N(CC(=O)NCc2cccnc2)C(=O)CSC3c2cccs2)c(C)c1. The predicted molar refractivity (Wildman–Crippen MR) is 166 cm³/mol. The second-order valence-electron chi connectivity index (χ2n) is 9.98. The van der Waals surface area contributed by atoms with E-state index in [0.717, 1.165) is 44.1 Å². The molecule has 0 radical (unpaired) electrons. The summed E-state index contributed by atoms with van der Waals surface area (Å²) in [5, 5.41) is 10.1. The van der Waals surface area contributed by atoms with Gasteiger partial charge >= 0.3 is 0 Å². The third kappa shape index (κ3) is 5.55. The maximum atomic E-state index is 13.8. The molecule has 2 amide bonds. The van der Waals surface area contributed by atoms with E-state index in [4.69, 9.17) is 5.10 Å². The first-order valence-corrected chi connectivity index (χ1v) is 15.3. The third-order valence-corrected chi connectivity index (χ3v) is 9.36. The number of amides is 2. The first kappa shape index (κ1) is 27.0. The van der Waals surface area contributed by atoms with Crippen LogP contribution in [0.2, 0.25) is 0 Å². The van der Waals surface area contributed by atoms with Gasteiger partial charge in [0.25, 0.3) is 0 Å². The van der Waals surface area contributed by atoms with Crippen LogP contribution in [-0.4, -0.2) is 38.9 Å². The van der Waals surface area contributed by atoms with Gasteiger partial charge in [0.15, 0.2) is 0 Å². The summed E-state index contributed by atoms with van der Waals surface area (Å²) in [5.74, 6) is 0.509. The number of benzene rings is 2. The molecule has 0 spiro atoms. The van der Waals surface area contributed by atoms with Gasteiger partial charge in [-0.15, -0.1) is 23.1 Å². The molecule has 0 fully saturated rings. The molecule has 0 aliphatic carbocycles. The van der Waals surface area contributed by atoms with Crippen molar-refractivity contribution in [3.05, 3.63) is 118 Å². The van der Waals surface area contributed by atoms with Gasteiger partial charge in [0.2, 0.25) is 11.8 Å². The molecule has 1 aliphatic heterocycles. The van der Waals surface area contributed by atoms with Crippen molar-refractivity contribution < 1.29 is 9.59 Å². The number of fused-ring (bicyclic) bond motifs is 1. The number of aromatic nitrogens is 3. The summed E-state index contributed by atoms with van der Waals surface area (Å²) in [7, 11) is 0. The van der Waals surface area contributed by atoms with Crippen LogP contribution in [0.5, 0.6) is 0 Å². The second kappa shape index (κ2) is 11.7. The molecule has 1 aliphatic rings. The Hall–Kier alpha value is -4.21. The minimum atomic E-state index is -0.248. The lowest BCUT2D eigenvalue weighted by atomic mass is 10.0. The van der Waals surface area contributed by atoms with Crippen molar-refractivity contribution in [2.45, 2.75) is 25.6 Å². The van der Waals surface area contributed by atoms with Crippen LogP contribution in [0.3, 0.4) is 0 Å². The largest absolute Gasteiger partial charge is 0.350 e. The van der Waals surface area contributed by atoms with E-state index >= 15 is 0 Å². The molecule has 0 saturated heterocycles. The van der Waals surface area contributed by atoms with Gasteiger partial charge < -0.3 is 5.32 Å². The summed E-state index contributed by atoms with van der Waals surface area (Å²) in [4.78, 5) is 34.1. The Labute approximate surface area is 247 Å². The van der Waals surface area contributed by atoms with E-state index in [2.05, 4.69) is 34.7 Å². The van der Waals surface area contributed by atoms with Crippen LogP contribution in [-0.2, 0) is 16.1 Å². The summed E-state index contributed by atoms with van der Waals surface area (Å²) in [6.07, 6.45) is 3.42. The van der Waals surface area contributed by atoms with E-state index in [-0.39, 0.29) is 29.4 Å². The highest BCUT2D eigenvalue weighted by molar-refractivity contribution is 8.00. The third-order valence-electron chi connectivity index (χ3n) is 7.03. The zero-order valence-corrected chi connectivity index (χ0v) is 24.4. The topological polar surface area (TPSA) is 80.1 Å². The number of carbonyl (C=O) groups is 2. The molecular formula is C32H29N5O2S2. The molecule has 0 bridgehead atoms. The summed E-state index contributed by atoms with van der Waals surface area (Å²) < 4.78 is 1.87. The van der Waals surface area contributed by atoms with Crippen LogP contribution in [0, 0.1) is 13.8 Å². The van der Waals surface area contributed by atoms with Gasteiger partial charge in [-0.05, 0) is 48.6 Å². The number of aryl methyl sites for hydroxylation is 2. The van der Waals surface area contributed by atoms with Crippen molar-refractivity contribution in [3.8, 4) is 16.9 Å². The van der Waals surface area contributed by atoms with Crippen LogP contribution in [0.4, 0.5) is 5.82 Å². The lowest BCUT2D eigenvalue weighted by Gasteiger charge is -2.23. The number of hydrogen-bond acceptors (Lipinski definition) is 6. The smallest absolute Gasteiger partial charge is 0.240 e. The number of thiophene rings is 1. The average Bonchev–Trinajstić information content (AvgIpc) is 3.63. The summed E-state index contributed by atoms with van der Waals surface area (Å²) in [6, 6.07) is 24.2. The van der Waals surface area contributed by atoms with E-state index in [9.17, 15) is 9.59 Å². The van der Waals surface area contributed by atoms with Crippen molar-refractivity contribution in [2.24, 2.45) is 0 Å². The van der Waals surface area contributed by atoms with Gasteiger partial charge in [-0.3, -0.25) is 19.5 Å². The molecule has 1 atom stereocenters. The van der Waals surface area contributed by atoms with Crippen LogP contribution in [0.25, 0.3) is 16.9 Å². The molecule has 4 heterocycles. The Morgan fingerprint density at radius 2 is 1.90 bits per heavy atom. The lowest BCUT2D eigenvalue weighted by molar-refractivity contribution is -0.123. The van der Waals surface area contributed by atoms with E-state index in [0.29, 0.717) is 12.4 Å². The summed E-state index contributed by atoms with van der Waals surface area (Å²) >= 11 is 3.25. The molecule has 0 saturated carbocycles. The van der Waals surface area contributed by atoms with Crippen molar-refractivity contribution in [1.82, 2.24) is 20.1 Å².